The summed E-state index contributed by atoms with van der Waals surface area (Å²) in [7, 11) is 1.79. The van der Waals surface area contributed by atoms with E-state index in [0.717, 1.165) is 25.9 Å². The summed E-state index contributed by atoms with van der Waals surface area (Å²) in [6.45, 7) is 2.75. The lowest BCUT2D eigenvalue weighted by atomic mass is 9.99. The molecular formula is C11H20ClN3OS. The minimum atomic E-state index is 0. The second-order valence-electron chi connectivity index (χ2n) is 4.21. The van der Waals surface area contributed by atoms with Crippen LogP contribution in [0.15, 0.2) is 11.7 Å². The van der Waals surface area contributed by atoms with Crippen molar-refractivity contribution >= 4 is 23.7 Å². The van der Waals surface area contributed by atoms with Crippen LogP contribution in [-0.4, -0.2) is 42.2 Å². The smallest absolute Gasteiger partial charge is 0.0794 e. The monoisotopic (exact) mass is 277 g/mol. The number of halogens is 1. The summed E-state index contributed by atoms with van der Waals surface area (Å²) < 4.78 is 5.41. The van der Waals surface area contributed by atoms with Crippen molar-refractivity contribution in [3.05, 3.63) is 16.6 Å². The van der Waals surface area contributed by atoms with Crippen molar-refractivity contribution in [2.75, 3.05) is 20.2 Å². The number of nitrogens with zero attached hydrogens (tertiary/aromatic N) is 2. The number of aromatic nitrogens is 1. The van der Waals surface area contributed by atoms with Crippen LogP contribution in [0.1, 0.15) is 17.7 Å². The first-order valence-corrected chi connectivity index (χ1v) is 6.55. The minimum Gasteiger partial charge on any atom is -0.381 e. The number of rotatable bonds is 4. The molecule has 2 unspecified atom stereocenters. The van der Waals surface area contributed by atoms with E-state index in [0.29, 0.717) is 18.7 Å². The van der Waals surface area contributed by atoms with Crippen molar-refractivity contribution < 1.29 is 4.74 Å². The Morgan fingerprint density at radius 1 is 1.65 bits per heavy atom. The molecule has 1 aromatic heterocycles. The highest BCUT2D eigenvalue weighted by Gasteiger charge is 2.27. The highest BCUT2D eigenvalue weighted by Crippen LogP contribution is 2.22. The molecule has 6 heteroatoms. The number of hydrogen-bond donors (Lipinski definition) is 1. The van der Waals surface area contributed by atoms with Crippen LogP contribution in [0.25, 0.3) is 0 Å². The summed E-state index contributed by atoms with van der Waals surface area (Å²) in [5.74, 6) is 0. The van der Waals surface area contributed by atoms with E-state index in [2.05, 4.69) is 9.88 Å². The molecule has 0 spiro atoms. The van der Waals surface area contributed by atoms with E-state index < -0.39 is 0 Å². The largest absolute Gasteiger partial charge is 0.381 e. The van der Waals surface area contributed by atoms with E-state index in [-0.39, 0.29) is 12.4 Å². The topological polar surface area (TPSA) is 51.4 Å². The molecule has 0 aromatic carbocycles. The first-order chi connectivity index (χ1) is 7.83. The number of methoxy groups -OCH3 is 1. The van der Waals surface area contributed by atoms with Gasteiger partial charge in [-0.1, -0.05) is 0 Å². The Labute approximate surface area is 113 Å². The molecule has 2 N–H and O–H groups in total. The van der Waals surface area contributed by atoms with Crippen molar-refractivity contribution in [3.63, 3.8) is 0 Å². The third-order valence-electron chi connectivity index (χ3n) is 3.24. The molecule has 1 aliphatic heterocycles. The van der Waals surface area contributed by atoms with Crippen LogP contribution in [-0.2, 0) is 11.3 Å². The van der Waals surface area contributed by atoms with E-state index >= 15 is 0 Å². The molecule has 98 valence electrons. The molecule has 1 fully saturated rings. The minimum absolute atomic E-state index is 0. The molecule has 0 radical (unpaired) electrons. The maximum atomic E-state index is 5.83. The normalized spacial score (nSPS) is 25.5. The second-order valence-corrected chi connectivity index (χ2v) is 5.18. The first kappa shape index (κ1) is 14.9. The van der Waals surface area contributed by atoms with E-state index in [4.69, 9.17) is 10.5 Å². The van der Waals surface area contributed by atoms with Crippen LogP contribution in [0.3, 0.4) is 0 Å². The standard InChI is InChI=1S/C11H19N3OS.ClH/c1-15-10-2-3-14(9(4-10)5-12)7-11-6-13-8-16-11;/h6,8-10H,2-5,7,12H2,1H3;1H. The maximum Gasteiger partial charge on any atom is 0.0794 e. The number of thiazole rings is 1. The van der Waals surface area contributed by atoms with E-state index in [9.17, 15) is 0 Å². The molecule has 1 aromatic rings. The van der Waals surface area contributed by atoms with Crippen molar-refractivity contribution in [1.29, 1.82) is 0 Å². The molecule has 4 nitrogen and oxygen atoms in total. The fourth-order valence-corrected chi connectivity index (χ4v) is 2.87. The van der Waals surface area contributed by atoms with Gasteiger partial charge in [0.15, 0.2) is 0 Å². The van der Waals surface area contributed by atoms with Crippen molar-refractivity contribution in [3.8, 4) is 0 Å². The van der Waals surface area contributed by atoms with Gasteiger partial charge in [-0.3, -0.25) is 9.88 Å². The van der Waals surface area contributed by atoms with Gasteiger partial charge in [0.25, 0.3) is 0 Å². The molecule has 1 aliphatic rings. The van der Waals surface area contributed by atoms with Gasteiger partial charge in [-0.2, -0.15) is 0 Å². The number of ether oxygens (including phenoxy) is 1. The van der Waals surface area contributed by atoms with Gasteiger partial charge in [-0.25, -0.2) is 0 Å². The summed E-state index contributed by atoms with van der Waals surface area (Å²) in [5, 5.41) is 0. The Kier molecular flexibility index (Phi) is 6.37. The summed E-state index contributed by atoms with van der Waals surface area (Å²) in [6, 6.07) is 0.445. The van der Waals surface area contributed by atoms with Crippen LogP contribution < -0.4 is 5.73 Å². The van der Waals surface area contributed by atoms with Crippen LogP contribution in [0.5, 0.6) is 0 Å². The van der Waals surface area contributed by atoms with Gasteiger partial charge in [0.2, 0.25) is 0 Å². The van der Waals surface area contributed by atoms with Gasteiger partial charge in [-0.05, 0) is 12.8 Å². The lowest BCUT2D eigenvalue weighted by molar-refractivity contribution is 0.0106. The fraction of sp³-hybridized carbons (Fsp3) is 0.727. The molecule has 0 amide bonds. The predicted octanol–water partition coefficient (Wildman–Crippen LogP) is 1.50. The zero-order chi connectivity index (χ0) is 11.4. The Morgan fingerprint density at radius 2 is 2.47 bits per heavy atom. The molecular weight excluding hydrogens is 258 g/mol. The van der Waals surface area contributed by atoms with Gasteiger partial charge in [0, 0.05) is 43.9 Å². The summed E-state index contributed by atoms with van der Waals surface area (Å²) in [5.41, 5.74) is 7.71. The van der Waals surface area contributed by atoms with Crippen molar-refractivity contribution in [2.45, 2.75) is 31.5 Å². The van der Waals surface area contributed by atoms with Gasteiger partial charge in [-0.15, -0.1) is 23.7 Å². The summed E-state index contributed by atoms with van der Waals surface area (Å²) in [4.78, 5) is 7.87. The van der Waals surface area contributed by atoms with Crippen molar-refractivity contribution in [2.24, 2.45) is 5.73 Å². The second kappa shape index (κ2) is 7.28. The average molecular weight is 278 g/mol. The molecule has 2 rings (SSSR count). The van der Waals surface area contributed by atoms with Gasteiger partial charge in [0.1, 0.15) is 0 Å². The molecule has 1 saturated heterocycles. The molecule has 0 saturated carbocycles. The Hall–Kier alpha value is -0.200. The van der Waals surface area contributed by atoms with Crippen LogP contribution in [0.2, 0.25) is 0 Å². The fourth-order valence-electron chi connectivity index (χ4n) is 2.25. The molecule has 0 aliphatic carbocycles. The van der Waals surface area contributed by atoms with E-state index in [1.54, 1.807) is 18.4 Å². The average Bonchev–Trinajstić information content (AvgIpc) is 2.82. The van der Waals surface area contributed by atoms with E-state index in [1.165, 1.54) is 4.88 Å². The third-order valence-corrected chi connectivity index (χ3v) is 4.00. The quantitative estimate of drug-likeness (QED) is 0.906. The Balaban J connectivity index is 0.00000144. The van der Waals surface area contributed by atoms with Crippen LogP contribution >= 0.6 is 23.7 Å². The lowest BCUT2D eigenvalue weighted by Crippen LogP contribution is -2.47. The van der Waals surface area contributed by atoms with Gasteiger partial charge >= 0.3 is 0 Å². The summed E-state index contributed by atoms with van der Waals surface area (Å²) >= 11 is 1.71. The zero-order valence-corrected chi connectivity index (χ0v) is 11.7. The lowest BCUT2D eigenvalue weighted by Gasteiger charge is -2.38. The molecule has 0 bridgehead atoms. The number of nitrogens with two attached hydrogens (primary N) is 1. The highest BCUT2D eigenvalue weighted by atomic mass is 35.5. The van der Waals surface area contributed by atoms with Crippen molar-refractivity contribution in [1.82, 2.24) is 9.88 Å². The molecule has 2 heterocycles. The predicted molar refractivity (Wildman–Crippen MR) is 72.6 cm³/mol. The molecule has 17 heavy (non-hydrogen) atoms. The Morgan fingerprint density at radius 3 is 3.06 bits per heavy atom. The van der Waals surface area contributed by atoms with Gasteiger partial charge < -0.3 is 10.5 Å². The third kappa shape index (κ3) is 3.89. The highest BCUT2D eigenvalue weighted by molar-refractivity contribution is 7.09. The number of piperidine rings is 1. The van der Waals surface area contributed by atoms with Crippen LogP contribution in [0.4, 0.5) is 0 Å². The van der Waals surface area contributed by atoms with Gasteiger partial charge in [0.05, 0.1) is 11.6 Å². The maximum absolute atomic E-state index is 5.83. The molecule has 2 atom stereocenters. The Bertz CT molecular complexity index is 310. The van der Waals surface area contributed by atoms with E-state index in [1.807, 2.05) is 11.7 Å². The number of hydrogen-bond acceptors (Lipinski definition) is 5. The number of likely N-dealkylation sites (tertiary alicyclic amines) is 1. The SMILES string of the molecule is COC1CCN(Cc2cncs2)C(CN)C1.Cl. The summed E-state index contributed by atoms with van der Waals surface area (Å²) in [6.07, 6.45) is 4.48. The first-order valence-electron chi connectivity index (χ1n) is 5.67. The zero-order valence-electron chi connectivity index (χ0n) is 10.0. The van der Waals surface area contributed by atoms with Crippen LogP contribution in [0, 0.1) is 0 Å².